The van der Waals surface area contributed by atoms with Crippen molar-refractivity contribution < 1.29 is 4.79 Å². The topological polar surface area (TPSA) is 49.7 Å². The zero-order valence-corrected chi connectivity index (χ0v) is 11.8. The van der Waals surface area contributed by atoms with Crippen molar-refractivity contribution in [3.63, 3.8) is 0 Å². The Hall–Kier alpha value is -3.01. The van der Waals surface area contributed by atoms with E-state index in [9.17, 15) is 9.70 Å². The molecule has 1 aliphatic rings. The Morgan fingerprint density at radius 3 is 2.50 bits per heavy atom. The normalized spacial score (nSPS) is 14.5. The highest BCUT2D eigenvalue weighted by Gasteiger charge is 2.14. The van der Waals surface area contributed by atoms with Gasteiger partial charge in [0, 0.05) is 18.4 Å². The molecule has 2 aromatic rings. The van der Waals surface area contributed by atoms with Gasteiger partial charge in [-0.25, -0.2) is 0 Å². The van der Waals surface area contributed by atoms with Crippen LogP contribution in [0.5, 0.6) is 0 Å². The van der Waals surface area contributed by atoms with E-state index in [1.165, 1.54) is 12.3 Å². The number of allylic oxidation sites excluding steroid dienone is 1. The first kappa shape index (κ1) is 13.9. The Labute approximate surface area is 128 Å². The lowest BCUT2D eigenvalue weighted by Crippen LogP contribution is -2.15. The van der Waals surface area contributed by atoms with Crippen LogP contribution in [0.3, 0.4) is 0 Å². The standard InChI is InChI=1S/C18H14N2O2/c21-18-10-5-11-20(13-17(18)19-22)16-9-4-8-15(12-16)14-6-2-1-3-7-14/h1-10,12-13H,11H2. The van der Waals surface area contributed by atoms with Crippen molar-refractivity contribution >= 4 is 11.5 Å². The average molecular weight is 290 g/mol. The highest BCUT2D eigenvalue weighted by Crippen LogP contribution is 2.26. The number of anilines is 1. The van der Waals surface area contributed by atoms with Crippen LogP contribution in [0, 0.1) is 4.91 Å². The van der Waals surface area contributed by atoms with E-state index in [-0.39, 0.29) is 11.5 Å². The summed E-state index contributed by atoms with van der Waals surface area (Å²) >= 11 is 0. The summed E-state index contributed by atoms with van der Waals surface area (Å²) in [6.45, 7) is 0.517. The fourth-order valence-electron chi connectivity index (χ4n) is 2.37. The van der Waals surface area contributed by atoms with Gasteiger partial charge in [0.25, 0.3) is 0 Å². The molecule has 0 aromatic heterocycles. The Morgan fingerprint density at radius 1 is 0.955 bits per heavy atom. The smallest absolute Gasteiger partial charge is 0.209 e. The van der Waals surface area contributed by atoms with Crippen LogP contribution in [0.15, 0.2) is 83.8 Å². The van der Waals surface area contributed by atoms with Crippen LogP contribution in [-0.2, 0) is 4.79 Å². The maximum Gasteiger partial charge on any atom is 0.209 e. The Morgan fingerprint density at radius 2 is 1.73 bits per heavy atom. The second-order valence-corrected chi connectivity index (χ2v) is 4.94. The van der Waals surface area contributed by atoms with Crippen molar-refractivity contribution in [3.8, 4) is 11.1 Å². The summed E-state index contributed by atoms with van der Waals surface area (Å²) in [5.41, 5.74) is 3.01. The number of rotatable bonds is 3. The van der Waals surface area contributed by atoms with Gasteiger partial charge >= 0.3 is 0 Å². The van der Waals surface area contributed by atoms with Gasteiger partial charge in [0.1, 0.15) is 0 Å². The van der Waals surface area contributed by atoms with E-state index in [2.05, 4.69) is 5.18 Å². The Bertz CT molecular complexity index is 764. The number of carbonyl (C=O) groups excluding carboxylic acids is 1. The van der Waals surface area contributed by atoms with E-state index in [1.807, 2.05) is 59.5 Å². The van der Waals surface area contributed by atoms with Gasteiger partial charge in [0.05, 0.1) is 0 Å². The van der Waals surface area contributed by atoms with E-state index in [1.54, 1.807) is 6.08 Å². The summed E-state index contributed by atoms with van der Waals surface area (Å²) in [6.07, 6.45) is 4.61. The summed E-state index contributed by atoms with van der Waals surface area (Å²) in [6, 6.07) is 18.0. The van der Waals surface area contributed by atoms with E-state index >= 15 is 0 Å². The van der Waals surface area contributed by atoms with Gasteiger partial charge in [-0.1, -0.05) is 48.5 Å². The van der Waals surface area contributed by atoms with E-state index < -0.39 is 0 Å². The maximum absolute atomic E-state index is 11.6. The quantitative estimate of drug-likeness (QED) is 0.805. The van der Waals surface area contributed by atoms with Crippen molar-refractivity contribution in [3.05, 3.63) is 83.6 Å². The minimum atomic E-state index is -0.364. The lowest BCUT2D eigenvalue weighted by atomic mass is 10.1. The summed E-state index contributed by atoms with van der Waals surface area (Å²) in [5, 5.41) is 2.81. The summed E-state index contributed by atoms with van der Waals surface area (Å²) in [4.78, 5) is 24.3. The first-order valence-corrected chi connectivity index (χ1v) is 6.96. The molecule has 0 amide bonds. The first-order valence-electron chi connectivity index (χ1n) is 6.96. The van der Waals surface area contributed by atoms with Crippen molar-refractivity contribution in [1.29, 1.82) is 0 Å². The van der Waals surface area contributed by atoms with E-state index in [4.69, 9.17) is 0 Å². The van der Waals surface area contributed by atoms with Crippen LogP contribution in [0.25, 0.3) is 11.1 Å². The van der Waals surface area contributed by atoms with Crippen molar-refractivity contribution in [1.82, 2.24) is 0 Å². The lowest BCUT2D eigenvalue weighted by Gasteiger charge is -2.19. The molecule has 0 atom stereocenters. The largest absolute Gasteiger partial charge is 0.342 e. The summed E-state index contributed by atoms with van der Waals surface area (Å²) in [5.74, 6) is -0.364. The fourth-order valence-corrected chi connectivity index (χ4v) is 2.37. The molecule has 0 spiro atoms. The van der Waals surface area contributed by atoms with Crippen LogP contribution >= 0.6 is 0 Å². The number of nitrogens with zero attached hydrogens (tertiary/aromatic N) is 2. The molecule has 0 aliphatic carbocycles. The van der Waals surface area contributed by atoms with Gasteiger partial charge in [0.2, 0.25) is 5.78 Å². The SMILES string of the molecule is O=NC1=CN(c2cccc(-c3ccccc3)c2)CC=CC1=O. The first-order chi connectivity index (χ1) is 10.8. The zero-order chi connectivity index (χ0) is 15.4. The molecule has 22 heavy (non-hydrogen) atoms. The minimum absolute atomic E-state index is 0.0844. The minimum Gasteiger partial charge on any atom is -0.342 e. The molecule has 0 N–H and O–H groups in total. The van der Waals surface area contributed by atoms with E-state index in [0.29, 0.717) is 6.54 Å². The zero-order valence-electron chi connectivity index (χ0n) is 11.8. The molecule has 0 saturated carbocycles. The molecular weight excluding hydrogens is 276 g/mol. The molecule has 4 heteroatoms. The van der Waals surface area contributed by atoms with Crippen LogP contribution in [0.1, 0.15) is 0 Å². The van der Waals surface area contributed by atoms with Gasteiger partial charge < -0.3 is 4.90 Å². The van der Waals surface area contributed by atoms with Crippen molar-refractivity contribution in [2.75, 3.05) is 11.4 Å². The fraction of sp³-hybridized carbons (Fsp3) is 0.0556. The van der Waals surface area contributed by atoms with Crippen LogP contribution < -0.4 is 4.90 Å². The van der Waals surface area contributed by atoms with Gasteiger partial charge in [-0.15, -0.1) is 4.91 Å². The second-order valence-electron chi connectivity index (χ2n) is 4.94. The second kappa shape index (κ2) is 6.18. The molecule has 0 unspecified atom stereocenters. The molecule has 4 nitrogen and oxygen atoms in total. The number of ketones is 1. The van der Waals surface area contributed by atoms with Crippen LogP contribution in [0.4, 0.5) is 5.69 Å². The molecule has 108 valence electrons. The molecule has 0 radical (unpaired) electrons. The van der Waals surface area contributed by atoms with Gasteiger partial charge in [0.15, 0.2) is 5.70 Å². The van der Waals surface area contributed by atoms with Crippen molar-refractivity contribution in [2.24, 2.45) is 5.18 Å². The third-order valence-corrected chi connectivity index (χ3v) is 3.49. The molecule has 0 fully saturated rings. The molecule has 1 aliphatic heterocycles. The molecular formula is C18H14N2O2. The number of hydrogen-bond acceptors (Lipinski definition) is 4. The molecule has 1 heterocycles. The van der Waals surface area contributed by atoms with Gasteiger partial charge in [-0.3, -0.25) is 4.79 Å². The van der Waals surface area contributed by atoms with E-state index in [0.717, 1.165) is 16.8 Å². The number of nitroso groups, excluding NO2 is 1. The molecule has 2 aromatic carbocycles. The highest BCUT2D eigenvalue weighted by molar-refractivity contribution is 6.04. The number of benzene rings is 2. The van der Waals surface area contributed by atoms with Crippen molar-refractivity contribution in [2.45, 2.75) is 0 Å². The summed E-state index contributed by atoms with van der Waals surface area (Å²) in [7, 11) is 0. The number of hydrogen-bond donors (Lipinski definition) is 0. The highest BCUT2D eigenvalue weighted by atomic mass is 16.3. The monoisotopic (exact) mass is 290 g/mol. The van der Waals surface area contributed by atoms with Crippen LogP contribution in [-0.4, -0.2) is 12.3 Å². The number of carbonyl (C=O) groups is 1. The maximum atomic E-state index is 11.6. The molecule has 3 rings (SSSR count). The Balaban J connectivity index is 1.99. The third kappa shape index (κ3) is 2.86. The third-order valence-electron chi connectivity index (χ3n) is 3.49. The lowest BCUT2D eigenvalue weighted by molar-refractivity contribution is -0.111. The predicted molar refractivity (Wildman–Crippen MR) is 87.2 cm³/mol. The molecule has 0 saturated heterocycles. The van der Waals surface area contributed by atoms with Crippen LogP contribution in [0.2, 0.25) is 0 Å². The van der Waals surface area contributed by atoms with Gasteiger partial charge in [-0.05, 0) is 34.5 Å². The summed E-state index contributed by atoms with van der Waals surface area (Å²) < 4.78 is 0. The molecule has 0 bridgehead atoms. The average Bonchev–Trinajstić information content (AvgIpc) is 2.77. The Kier molecular flexibility index (Phi) is 3.92. The predicted octanol–water partition coefficient (Wildman–Crippen LogP) is 3.91. The van der Waals surface area contributed by atoms with Gasteiger partial charge in [-0.2, -0.15) is 0 Å².